The molecule has 0 N–H and O–H groups in total. The maximum atomic E-state index is 13.0. The van der Waals surface area contributed by atoms with Crippen molar-refractivity contribution in [3.63, 3.8) is 0 Å². The average molecular weight is 343 g/mol. The lowest BCUT2D eigenvalue weighted by Crippen LogP contribution is -2.34. The molecule has 4 aliphatic carbocycles. The molecule has 0 spiro atoms. The van der Waals surface area contributed by atoms with Gasteiger partial charge in [0.15, 0.2) is 0 Å². The lowest BCUT2D eigenvalue weighted by molar-refractivity contribution is -0.127. The molecule has 1 aromatic carbocycles. The van der Waals surface area contributed by atoms with Gasteiger partial charge in [-0.25, -0.2) is 0 Å². The molecular formula is C22H30OS. The number of benzene rings is 1. The van der Waals surface area contributed by atoms with E-state index in [0.29, 0.717) is 5.78 Å². The second-order valence-electron chi connectivity index (χ2n) is 9.56. The van der Waals surface area contributed by atoms with Gasteiger partial charge in [-0.15, -0.1) is 11.8 Å². The third kappa shape index (κ3) is 2.85. The summed E-state index contributed by atoms with van der Waals surface area (Å²) in [6.45, 7) is 6.75. The molecule has 0 radical (unpaired) electrons. The molecule has 0 saturated heterocycles. The van der Waals surface area contributed by atoms with E-state index < -0.39 is 0 Å². The first kappa shape index (κ1) is 16.7. The molecule has 0 heterocycles. The first-order valence-corrected chi connectivity index (χ1v) is 10.7. The number of ketones is 1. The Morgan fingerprint density at radius 2 is 1.71 bits per heavy atom. The fraction of sp³-hybridized carbons (Fsp3) is 0.682. The van der Waals surface area contributed by atoms with E-state index in [1.54, 1.807) is 0 Å². The Morgan fingerprint density at radius 3 is 2.29 bits per heavy atom. The Morgan fingerprint density at radius 1 is 1.08 bits per heavy atom. The molecule has 2 unspecified atom stereocenters. The summed E-state index contributed by atoms with van der Waals surface area (Å²) < 4.78 is 0. The van der Waals surface area contributed by atoms with Gasteiger partial charge in [0.2, 0.25) is 0 Å². The van der Waals surface area contributed by atoms with E-state index >= 15 is 0 Å². The van der Waals surface area contributed by atoms with Crippen molar-refractivity contribution >= 4 is 17.5 Å². The number of rotatable bonds is 5. The van der Waals surface area contributed by atoms with Crippen molar-refractivity contribution in [2.24, 2.45) is 23.2 Å². The van der Waals surface area contributed by atoms with Crippen LogP contribution in [0.5, 0.6) is 0 Å². The lowest BCUT2D eigenvalue weighted by atomic mass is 9.73. The average Bonchev–Trinajstić information content (AvgIpc) is 2.92. The van der Waals surface area contributed by atoms with E-state index in [4.69, 9.17) is 0 Å². The van der Waals surface area contributed by atoms with Crippen LogP contribution in [-0.4, -0.2) is 11.5 Å². The van der Waals surface area contributed by atoms with Crippen molar-refractivity contribution in [2.45, 2.75) is 64.0 Å². The second kappa shape index (κ2) is 5.90. The molecule has 4 bridgehead atoms. The summed E-state index contributed by atoms with van der Waals surface area (Å²) in [7, 11) is 0. The predicted octanol–water partition coefficient (Wildman–Crippen LogP) is 5.61. The number of hydrogen-bond acceptors (Lipinski definition) is 2. The van der Waals surface area contributed by atoms with Crippen LogP contribution in [0.3, 0.4) is 0 Å². The molecule has 4 aliphatic rings. The first-order chi connectivity index (χ1) is 11.4. The summed E-state index contributed by atoms with van der Waals surface area (Å²) >= 11 is 1.82. The standard InChI is InChI=1S/C22H30OS/c1-21(2,3)18-6-4-15(5-7-18)13-24-14-20(23)22-11-16-8-17(12-22)10-19(22)9-16/h4-7,16-17,19H,8-14H2,1-3H3. The fourth-order valence-corrected chi connectivity index (χ4v) is 6.76. The lowest BCUT2D eigenvalue weighted by Gasteiger charge is -2.31. The van der Waals surface area contributed by atoms with E-state index in [2.05, 4.69) is 45.0 Å². The van der Waals surface area contributed by atoms with Gasteiger partial charge in [-0.3, -0.25) is 4.79 Å². The van der Waals surface area contributed by atoms with Gasteiger partial charge in [0.1, 0.15) is 5.78 Å². The zero-order chi connectivity index (χ0) is 16.9. The normalized spacial score (nSPS) is 34.0. The van der Waals surface area contributed by atoms with Gasteiger partial charge >= 0.3 is 0 Å². The molecule has 0 aromatic heterocycles. The molecule has 4 fully saturated rings. The van der Waals surface area contributed by atoms with Gasteiger partial charge in [-0.05, 0) is 66.4 Å². The topological polar surface area (TPSA) is 17.1 Å². The predicted molar refractivity (Wildman–Crippen MR) is 102 cm³/mol. The molecule has 2 atom stereocenters. The zero-order valence-electron chi connectivity index (χ0n) is 15.3. The van der Waals surface area contributed by atoms with Crippen LogP contribution < -0.4 is 0 Å². The largest absolute Gasteiger partial charge is 0.298 e. The Labute approximate surface area is 151 Å². The molecule has 24 heavy (non-hydrogen) atoms. The van der Waals surface area contributed by atoms with E-state index in [-0.39, 0.29) is 10.8 Å². The Bertz CT molecular complexity index is 610. The maximum Gasteiger partial charge on any atom is 0.149 e. The summed E-state index contributed by atoms with van der Waals surface area (Å²) in [5.41, 5.74) is 3.04. The zero-order valence-corrected chi connectivity index (χ0v) is 16.1. The summed E-state index contributed by atoms with van der Waals surface area (Å²) in [5.74, 6) is 4.75. The van der Waals surface area contributed by atoms with E-state index in [1.165, 1.54) is 43.2 Å². The van der Waals surface area contributed by atoms with E-state index in [0.717, 1.165) is 29.3 Å². The van der Waals surface area contributed by atoms with E-state index in [9.17, 15) is 4.79 Å². The number of carbonyl (C=O) groups is 1. The van der Waals surface area contributed by atoms with Crippen LogP contribution in [0.4, 0.5) is 0 Å². The molecule has 5 rings (SSSR count). The van der Waals surface area contributed by atoms with Gasteiger partial charge < -0.3 is 0 Å². The third-order valence-electron chi connectivity index (χ3n) is 6.87. The monoisotopic (exact) mass is 342 g/mol. The van der Waals surface area contributed by atoms with Crippen LogP contribution >= 0.6 is 11.8 Å². The number of hydrogen-bond donors (Lipinski definition) is 0. The molecule has 4 saturated carbocycles. The van der Waals surface area contributed by atoms with Crippen molar-refractivity contribution in [3.05, 3.63) is 35.4 Å². The summed E-state index contributed by atoms with van der Waals surface area (Å²) in [4.78, 5) is 13.0. The Hall–Kier alpha value is -0.760. The molecule has 1 nitrogen and oxygen atoms in total. The van der Waals surface area contributed by atoms with Gasteiger partial charge in [0.05, 0.1) is 5.75 Å². The van der Waals surface area contributed by atoms with Crippen molar-refractivity contribution in [1.82, 2.24) is 0 Å². The van der Waals surface area contributed by atoms with Crippen LogP contribution in [0.1, 0.15) is 64.0 Å². The summed E-state index contributed by atoms with van der Waals surface area (Å²) in [6.07, 6.45) is 6.54. The molecule has 130 valence electrons. The first-order valence-electron chi connectivity index (χ1n) is 9.57. The number of thioether (sulfide) groups is 1. The second-order valence-corrected chi connectivity index (χ2v) is 10.5. The summed E-state index contributed by atoms with van der Waals surface area (Å²) in [6, 6.07) is 8.96. The van der Waals surface area contributed by atoms with E-state index in [1.807, 2.05) is 11.8 Å². The SMILES string of the molecule is CC(C)(C)c1ccc(CSCC(=O)C23CC4CC(CC2C4)C3)cc1. The molecule has 2 heteroatoms. The van der Waals surface area contributed by atoms with Crippen LogP contribution in [0.25, 0.3) is 0 Å². The van der Waals surface area contributed by atoms with Gasteiger partial charge in [-0.2, -0.15) is 0 Å². The smallest absolute Gasteiger partial charge is 0.149 e. The highest BCUT2D eigenvalue weighted by atomic mass is 32.2. The Kier molecular flexibility index (Phi) is 4.10. The molecule has 1 aromatic rings. The quantitative estimate of drug-likeness (QED) is 0.691. The Balaban J connectivity index is 1.32. The van der Waals surface area contributed by atoms with Gasteiger partial charge in [-0.1, -0.05) is 45.0 Å². The van der Waals surface area contributed by atoms with Crippen molar-refractivity contribution in [2.75, 3.05) is 5.75 Å². The molecule has 0 amide bonds. The number of Topliss-reactive ketones (excluding diaryl/α,β-unsaturated/α-hetero) is 1. The van der Waals surface area contributed by atoms with Gasteiger partial charge in [0, 0.05) is 11.2 Å². The molecule has 0 aliphatic heterocycles. The summed E-state index contributed by atoms with van der Waals surface area (Å²) in [5, 5.41) is 0. The van der Waals surface area contributed by atoms with Gasteiger partial charge in [0.25, 0.3) is 0 Å². The third-order valence-corrected chi connectivity index (χ3v) is 7.87. The van der Waals surface area contributed by atoms with Crippen molar-refractivity contribution < 1.29 is 4.79 Å². The number of carbonyl (C=O) groups excluding carboxylic acids is 1. The highest BCUT2D eigenvalue weighted by molar-refractivity contribution is 7.99. The minimum absolute atomic E-state index is 0.108. The van der Waals surface area contributed by atoms with Crippen LogP contribution in [-0.2, 0) is 16.0 Å². The minimum atomic E-state index is 0.108. The fourth-order valence-electron chi connectivity index (χ4n) is 5.76. The van der Waals surface area contributed by atoms with Crippen LogP contribution in [0, 0.1) is 23.2 Å². The minimum Gasteiger partial charge on any atom is -0.298 e. The highest BCUT2D eigenvalue weighted by Crippen LogP contribution is 2.65. The maximum absolute atomic E-state index is 13.0. The van der Waals surface area contributed by atoms with Crippen molar-refractivity contribution in [1.29, 1.82) is 0 Å². The van der Waals surface area contributed by atoms with Crippen molar-refractivity contribution in [3.8, 4) is 0 Å². The van der Waals surface area contributed by atoms with Crippen LogP contribution in [0.2, 0.25) is 0 Å². The molecular weight excluding hydrogens is 312 g/mol. The highest BCUT2D eigenvalue weighted by Gasteiger charge is 2.60. The van der Waals surface area contributed by atoms with Crippen LogP contribution in [0.15, 0.2) is 24.3 Å².